The summed E-state index contributed by atoms with van der Waals surface area (Å²) in [5, 5.41) is 14.9. The standard InChI is InChI=1S/C18H27FN2O3/c1-5-12(4)16(22)10-20-18(24)13-6-7-15(14(19)9-13)21-17(23)8-11(2)3/h6-7,9,11-12,16,22H,5,8,10H2,1-4H3,(H,20,24)(H,21,23). The topological polar surface area (TPSA) is 78.4 Å². The average Bonchev–Trinajstić information content (AvgIpc) is 2.52. The fourth-order valence-electron chi connectivity index (χ4n) is 2.10. The second-order valence-electron chi connectivity index (χ2n) is 6.50. The van der Waals surface area contributed by atoms with E-state index in [1.54, 1.807) is 0 Å². The number of carbonyl (C=O) groups is 2. The molecule has 0 heterocycles. The van der Waals surface area contributed by atoms with Crippen molar-refractivity contribution in [3.05, 3.63) is 29.6 Å². The monoisotopic (exact) mass is 338 g/mol. The second kappa shape index (κ2) is 9.37. The molecule has 0 bridgehead atoms. The number of anilines is 1. The Morgan fingerprint density at radius 1 is 1.25 bits per heavy atom. The number of amides is 2. The Balaban J connectivity index is 2.66. The van der Waals surface area contributed by atoms with E-state index in [-0.39, 0.29) is 35.5 Å². The Morgan fingerprint density at radius 3 is 2.46 bits per heavy atom. The molecule has 6 heteroatoms. The molecule has 134 valence electrons. The largest absolute Gasteiger partial charge is 0.391 e. The molecule has 2 unspecified atom stereocenters. The van der Waals surface area contributed by atoms with E-state index in [1.807, 2.05) is 27.7 Å². The maximum Gasteiger partial charge on any atom is 0.251 e. The summed E-state index contributed by atoms with van der Waals surface area (Å²) in [5.41, 5.74) is 0.197. The van der Waals surface area contributed by atoms with Crippen LogP contribution >= 0.6 is 0 Å². The highest BCUT2D eigenvalue weighted by atomic mass is 19.1. The van der Waals surface area contributed by atoms with Crippen LogP contribution in [-0.2, 0) is 4.79 Å². The molecule has 0 spiro atoms. The van der Waals surface area contributed by atoms with Gasteiger partial charge in [-0.2, -0.15) is 0 Å². The van der Waals surface area contributed by atoms with Crippen molar-refractivity contribution in [1.82, 2.24) is 5.32 Å². The fraction of sp³-hybridized carbons (Fsp3) is 0.556. The van der Waals surface area contributed by atoms with E-state index in [4.69, 9.17) is 0 Å². The highest BCUT2D eigenvalue weighted by Gasteiger charge is 2.16. The van der Waals surface area contributed by atoms with E-state index in [1.165, 1.54) is 12.1 Å². The summed E-state index contributed by atoms with van der Waals surface area (Å²) in [5.74, 6) is -1.15. The third-order valence-electron chi connectivity index (χ3n) is 3.87. The quantitative estimate of drug-likeness (QED) is 0.682. The van der Waals surface area contributed by atoms with Gasteiger partial charge in [-0.05, 0) is 30.0 Å². The summed E-state index contributed by atoms with van der Waals surface area (Å²) in [6, 6.07) is 3.89. The van der Waals surface area contributed by atoms with E-state index in [9.17, 15) is 19.1 Å². The van der Waals surface area contributed by atoms with Gasteiger partial charge < -0.3 is 15.7 Å². The number of aliphatic hydroxyl groups is 1. The first-order valence-electron chi connectivity index (χ1n) is 8.30. The first-order chi connectivity index (χ1) is 11.2. The lowest BCUT2D eigenvalue weighted by Crippen LogP contribution is -2.35. The molecule has 0 aliphatic heterocycles. The summed E-state index contributed by atoms with van der Waals surface area (Å²) >= 11 is 0. The van der Waals surface area contributed by atoms with Gasteiger partial charge in [0.2, 0.25) is 5.91 Å². The Bertz CT molecular complexity index is 575. The van der Waals surface area contributed by atoms with Crippen molar-refractivity contribution in [1.29, 1.82) is 0 Å². The first-order valence-corrected chi connectivity index (χ1v) is 8.30. The molecule has 1 aromatic carbocycles. The Labute approximate surface area is 142 Å². The molecule has 0 saturated carbocycles. The van der Waals surface area contributed by atoms with Gasteiger partial charge in [0.25, 0.3) is 5.91 Å². The lowest BCUT2D eigenvalue weighted by atomic mass is 10.0. The zero-order valence-electron chi connectivity index (χ0n) is 14.7. The maximum absolute atomic E-state index is 14.0. The molecular formula is C18H27FN2O3. The molecule has 24 heavy (non-hydrogen) atoms. The van der Waals surface area contributed by atoms with Crippen LogP contribution in [0.2, 0.25) is 0 Å². The van der Waals surface area contributed by atoms with Gasteiger partial charge in [0.15, 0.2) is 0 Å². The Morgan fingerprint density at radius 2 is 1.92 bits per heavy atom. The smallest absolute Gasteiger partial charge is 0.251 e. The minimum Gasteiger partial charge on any atom is -0.391 e. The number of hydrogen-bond acceptors (Lipinski definition) is 3. The molecule has 0 fully saturated rings. The third kappa shape index (κ3) is 6.28. The fourth-order valence-corrected chi connectivity index (χ4v) is 2.10. The van der Waals surface area contributed by atoms with Crippen molar-refractivity contribution < 1.29 is 19.1 Å². The molecular weight excluding hydrogens is 311 g/mol. The normalized spacial score (nSPS) is 13.5. The van der Waals surface area contributed by atoms with E-state index in [0.717, 1.165) is 12.5 Å². The van der Waals surface area contributed by atoms with E-state index >= 15 is 0 Å². The third-order valence-corrected chi connectivity index (χ3v) is 3.87. The maximum atomic E-state index is 14.0. The number of halogens is 1. The molecule has 0 aliphatic carbocycles. The number of nitrogens with one attached hydrogen (secondary N) is 2. The molecule has 1 aromatic rings. The van der Waals surface area contributed by atoms with E-state index in [2.05, 4.69) is 10.6 Å². The first kappa shape index (κ1) is 20.1. The molecule has 5 nitrogen and oxygen atoms in total. The van der Waals surface area contributed by atoms with E-state index < -0.39 is 17.8 Å². The molecule has 1 rings (SSSR count). The number of aliphatic hydroxyl groups excluding tert-OH is 1. The SMILES string of the molecule is CCC(C)C(O)CNC(=O)c1ccc(NC(=O)CC(C)C)c(F)c1. The zero-order chi connectivity index (χ0) is 18.3. The number of rotatable bonds is 8. The Hall–Kier alpha value is -1.95. The summed E-state index contributed by atoms with van der Waals surface area (Å²) in [7, 11) is 0. The van der Waals surface area contributed by atoms with Gasteiger partial charge in [0.1, 0.15) is 5.82 Å². The lowest BCUT2D eigenvalue weighted by Gasteiger charge is -2.17. The molecule has 0 saturated heterocycles. The second-order valence-corrected chi connectivity index (χ2v) is 6.50. The van der Waals surface area contributed by atoms with Gasteiger partial charge >= 0.3 is 0 Å². The molecule has 0 aliphatic rings. The van der Waals surface area contributed by atoms with Gasteiger partial charge in [-0.3, -0.25) is 9.59 Å². The molecule has 2 amide bonds. The van der Waals surface area contributed by atoms with Crippen molar-refractivity contribution in [2.45, 2.75) is 46.6 Å². The molecule has 0 aromatic heterocycles. The molecule has 3 N–H and O–H groups in total. The van der Waals surface area contributed by atoms with Crippen LogP contribution in [0.3, 0.4) is 0 Å². The van der Waals surface area contributed by atoms with Gasteiger partial charge in [0.05, 0.1) is 11.8 Å². The van der Waals surface area contributed by atoms with Crippen LogP contribution in [0.4, 0.5) is 10.1 Å². The van der Waals surface area contributed by atoms with Crippen molar-refractivity contribution in [2.24, 2.45) is 11.8 Å². The Kier molecular flexibility index (Phi) is 7.85. The van der Waals surface area contributed by atoms with Crippen molar-refractivity contribution >= 4 is 17.5 Å². The van der Waals surface area contributed by atoms with Crippen LogP contribution in [-0.4, -0.2) is 29.6 Å². The van der Waals surface area contributed by atoms with Gasteiger partial charge in [-0.1, -0.05) is 34.1 Å². The van der Waals surface area contributed by atoms with Crippen molar-refractivity contribution in [3.63, 3.8) is 0 Å². The highest BCUT2D eigenvalue weighted by Crippen LogP contribution is 2.17. The molecule has 0 radical (unpaired) electrons. The molecule has 2 atom stereocenters. The average molecular weight is 338 g/mol. The minimum atomic E-state index is -0.665. The summed E-state index contributed by atoms with van der Waals surface area (Å²) < 4.78 is 14.0. The van der Waals surface area contributed by atoms with Gasteiger partial charge in [0, 0.05) is 18.5 Å². The van der Waals surface area contributed by atoms with Crippen LogP contribution in [0.15, 0.2) is 18.2 Å². The summed E-state index contributed by atoms with van der Waals surface area (Å²) in [4.78, 5) is 23.7. The van der Waals surface area contributed by atoms with Crippen LogP contribution in [0, 0.1) is 17.7 Å². The predicted octanol–water partition coefficient (Wildman–Crippen LogP) is 2.95. The number of benzene rings is 1. The summed E-state index contributed by atoms with van der Waals surface area (Å²) in [6.45, 7) is 7.76. The van der Waals surface area contributed by atoms with Crippen LogP contribution in [0.5, 0.6) is 0 Å². The predicted molar refractivity (Wildman–Crippen MR) is 92.3 cm³/mol. The van der Waals surface area contributed by atoms with Gasteiger partial charge in [-0.15, -0.1) is 0 Å². The highest BCUT2D eigenvalue weighted by molar-refractivity contribution is 5.96. The number of carbonyl (C=O) groups excluding carboxylic acids is 2. The zero-order valence-corrected chi connectivity index (χ0v) is 14.7. The van der Waals surface area contributed by atoms with Gasteiger partial charge in [-0.25, -0.2) is 4.39 Å². The lowest BCUT2D eigenvalue weighted by molar-refractivity contribution is -0.116. The minimum absolute atomic E-state index is 0.0526. The van der Waals surface area contributed by atoms with Crippen molar-refractivity contribution in [3.8, 4) is 0 Å². The van der Waals surface area contributed by atoms with E-state index in [0.29, 0.717) is 6.42 Å². The summed E-state index contributed by atoms with van der Waals surface area (Å²) in [6.07, 6.45) is 0.462. The van der Waals surface area contributed by atoms with Crippen LogP contribution < -0.4 is 10.6 Å². The van der Waals surface area contributed by atoms with Crippen LogP contribution in [0.1, 0.15) is 50.9 Å². The number of hydrogen-bond donors (Lipinski definition) is 3. The van der Waals surface area contributed by atoms with Crippen LogP contribution in [0.25, 0.3) is 0 Å². The van der Waals surface area contributed by atoms with Crippen molar-refractivity contribution in [2.75, 3.05) is 11.9 Å².